The SMILES string of the molecule is Cc1nnc(SCC(=O)Nc2ccc(Cl)c(Br)c2)n1N. The van der Waals surface area contributed by atoms with E-state index in [0.29, 0.717) is 21.7 Å². The van der Waals surface area contributed by atoms with Gasteiger partial charge in [0.2, 0.25) is 11.1 Å². The van der Waals surface area contributed by atoms with Crippen LogP contribution in [0.15, 0.2) is 27.8 Å². The van der Waals surface area contributed by atoms with Crippen LogP contribution in [0.3, 0.4) is 0 Å². The number of nitrogens with one attached hydrogen (secondary N) is 1. The molecule has 0 bridgehead atoms. The average molecular weight is 377 g/mol. The van der Waals surface area contributed by atoms with E-state index < -0.39 is 0 Å². The highest BCUT2D eigenvalue weighted by Crippen LogP contribution is 2.25. The van der Waals surface area contributed by atoms with Gasteiger partial charge in [-0.3, -0.25) is 4.79 Å². The molecule has 0 saturated carbocycles. The lowest BCUT2D eigenvalue weighted by atomic mass is 10.3. The van der Waals surface area contributed by atoms with Crippen LogP contribution in [0.2, 0.25) is 5.02 Å². The number of hydrogen-bond acceptors (Lipinski definition) is 5. The second-order valence-electron chi connectivity index (χ2n) is 3.87. The lowest BCUT2D eigenvalue weighted by molar-refractivity contribution is -0.113. The van der Waals surface area contributed by atoms with E-state index in [9.17, 15) is 4.79 Å². The molecule has 0 fully saturated rings. The Bertz CT molecular complexity index is 648. The van der Waals surface area contributed by atoms with Gasteiger partial charge < -0.3 is 11.2 Å². The second kappa shape index (κ2) is 6.47. The number of nitrogens with zero attached hydrogens (tertiary/aromatic N) is 3. The van der Waals surface area contributed by atoms with Crippen molar-refractivity contribution in [1.29, 1.82) is 0 Å². The fourth-order valence-electron chi connectivity index (χ4n) is 1.35. The Kier molecular flexibility index (Phi) is 4.90. The molecule has 0 aliphatic rings. The Morgan fingerprint density at radius 3 is 2.90 bits per heavy atom. The van der Waals surface area contributed by atoms with Gasteiger partial charge in [-0.2, -0.15) is 0 Å². The summed E-state index contributed by atoms with van der Waals surface area (Å²) in [5.41, 5.74) is 0.664. The van der Waals surface area contributed by atoms with Gasteiger partial charge in [0.25, 0.3) is 0 Å². The molecule has 6 nitrogen and oxygen atoms in total. The number of aryl methyl sites for hydroxylation is 1. The summed E-state index contributed by atoms with van der Waals surface area (Å²) in [6.07, 6.45) is 0. The van der Waals surface area contributed by atoms with Gasteiger partial charge in [0.05, 0.1) is 10.8 Å². The molecule has 1 amide bonds. The number of rotatable bonds is 4. The number of thioether (sulfide) groups is 1. The van der Waals surface area contributed by atoms with Gasteiger partial charge in [-0.1, -0.05) is 23.4 Å². The summed E-state index contributed by atoms with van der Waals surface area (Å²) in [6, 6.07) is 5.17. The smallest absolute Gasteiger partial charge is 0.234 e. The topological polar surface area (TPSA) is 85.8 Å². The van der Waals surface area contributed by atoms with E-state index in [1.54, 1.807) is 25.1 Å². The quantitative estimate of drug-likeness (QED) is 0.632. The zero-order chi connectivity index (χ0) is 14.7. The van der Waals surface area contributed by atoms with Crippen LogP contribution in [-0.4, -0.2) is 26.5 Å². The molecule has 0 aliphatic carbocycles. The second-order valence-corrected chi connectivity index (χ2v) is 6.07. The molecule has 0 unspecified atom stereocenters. The third-order valence-corrected chi connectivity index (χ3v) is 4.53. The highest BCUT2D eigenvalue weighted by atomic mass is 79.9. The molecule has 106 valence electrons. The van der Waals surface area contributed by atoms with Crippen molar-refractivity contribution in [3.63, 3.8) is 0 Å². The predicted octanol–water partition coefficient (Wildman–Crippen LogP) is 2.45. The molecular weight excluding hydrogens is 366 g/mol. The first-order valence-electron chi connectivity index (χ1n) is 5.52. The molecule has 0 aliphatic heterocycles. The standard InChI is InChI=1S/C11H11BrClN5OS/c1-6-16-17-11(18(6)14)20-5-10(19)15-7-2-3-9(13)8(12)4-7/h2-4H,5,14H2,1H3,(H,15,19). The van der Waals surface area contributed by atoms with Crippen molar-refractivity contribution >= 4 is 50.9 Å². The van der Waals surface area contributed by atoms with E-state index in [2.05, 4.69) is 31.4 Å². The van der Waals surface area contributed by atoms with Crippen molar-refractivity contribution in [1.82, 2.24) is 14.9 Å². The van der Waals surface area contributed by atoms with Gasteiger partial charge in [-0.25, -0.2) is 4.68 Å². The molecule has 2 aromatic rings. The maximum absolute atomic E-state index is 11.8. The lowest BCUT2D eigenvalue weighted by Gasteiger charge is -2.06. The minimum absolute atomic E-state index is 0.162. The molecule has 0 atom stereocenters. The lowest BCUT2D eigenvalue weighted by Crippen LogP contribution is -2.16. The maximum Gasteiger partial charge on any atom is 0.234 e. The van der Waals surface area contributed by atoms with E-state index in [1.165, 1.54) is 16.4 Å². The first-order valence-corrected chi connectivity index (χ1v) is 7.68. The number of amides is 1. The third-order valence-electron chi connectivity index (χ3n) is 2.37. The van der Waals surface area contributed by atoms with E-state index in [1.807, 2.05) is 0 Å². The zero-order valence-electron chi connectivity index (χ0n) is 10.4. The first kappa shape index (κ1) is 15.1. The Balaban J connectivity index is 1.92. The fourth-order valence-corrected chi connectivity index (χ4v) is 2.55. The summed E-state index contributed by atoms with van der Waals surface area (Å²) in [4.78, 5) is 11.8. The average Bonchev–Trinajstić information content (AvgIpc) is 2.72. The molecular formula is C11H11BrClN5OS. The van der Waals surface area contributed by atoms with E-state index in [-0.39, 0.29) is 11.7 Å². The molecule has 1 aromatic carbocycles. The Morgan fingerprint density at radius 2 is 2.30 bits per heavy atom. The number of anilines is 1. The summed E-state index contributed by atoms with van der Waals surface area (Å²) in [6.45, 7) is 1.74. The number of nitrogen functional groups attached to an aromatic ring is 1. The highest BCUT2D eigenvalue weighted by molar-refractivity contribution is 9.10. The van der Waals surface area contributed by atoms with E-state index in [4.69, 9.17) is 17.4 Å². The minimum Gasteiger partial charge on any atom is -0.336 e. The summed E-state index contributed by atoms with van der Waals surface area (Å²) in [5, 5.41) is 11.5. The molecule has 20 heavy (non-hydrogen) atoms. The molecule has 0 spiro atoms. The molecule has 1 aromatic heterocycles. The number of carbonyl (C=O) groups excluding carboxylic acids is 1. The normalized spacial score (nSPS) is 10.6. The summed E-state index contributed by atoms with van der Waals surface area (Å²) < 4.78 is 2.07. The van der Waals surface area contributed by atoms with Crippen LogP contribution in [0.25, 0.3) is 0 Å². The van der Waals surface area contributed by atoms with Crippen LogP contribution in [0.5, 0.6) is 0 Å². The Labute approximate surface area is 133 Å². The molecule has 2 rings (SSSR count). The largest absolute Gasteiger partial charge is 0.336 e. The monoisotopic (exact) mass is 375 g/mol. The number of nitrogens with two attached hydrogens (primary N) is 1. The van der Waals surface area contributed by atoms with Crippen LogP contribution in [-0.2, 0) is 4.79 Å². The molecule has 9 heteroatoms. The van der Waals surface area contributed by atoms with Crippen LogP contribution >= 0.6 is 39.3 Å². The van der Waals surface area contributed by atoms with Gasteiger partial charge in [0.15, 0.2) is 0 Å². The van der Waals surface area contributed by atoms with Crippen molar-refractivity contribution in [3.8, 4) is 0 Å². The predicted molar refractivity (Wildman–Crippen MR) is 83.4 cm³/mol. The molecule has 0 saturated heterocycles. The van der Waals surface area contributed by atoms with Crippen molar-refractivity contribution < 1.29 is 4.79 Å². The highest BCUT2D eigenvalue weighted by Gasteiger charge is 2.10. The molecule has 1 heterocycles. The maximum atomic E-state index is 11.8. The number of hydrogen-bond donors (Lipinski definition) is 2. The first-order chi connectivity index (χ1) is 9.47. The molecule has 3 N–H and O–H groups in total. The van der Waals surface area contributed by atoms with E-state index >= 15 is 0 Å². The number of aromatic nitrogens is 3. The van der Waals surface area contributed by atoms with Crippen LogP contribution in [0, 0.1) is 6.92 Å². The number of benzene rings is 1. The third kappa shape index (κ3) is 3.65. The van der Waals surface area contributed by atoms with Crippen LogP contribution < -0.4 is 11.2 Å². The Morgan fingerprint density at radius 1 is 1.55 bits per heavy atom. The number of carbonyl (C=O) groups is 1. The van der Waals surface area contributed by atoms with Gasteiger partial charge in [-0.15, -0.1) is 10.2 Å². The van der Waals surface area contributed by atoms with Crippen LogP contribution in [0.4, 0.5) is 5.69 Å². The minimum atomic E-state index is -0.162. The van der Waals surface area contributed by atoms with Crippen LogP contribution in [0.1, 0.15) is 5.82 Å². The summed E-state index contributed by atoms with van der Waals surface area (Å²) >= 11 is 10.4. The zero-order valence-corrected chi connectivity index (χ0v) is 13.6. The van der Waals surface area contributed by atoms with Gasteiger partial charge in [-0.05, 0) is 41.1 Å². The Hall–Kier alpha value is -1.25. The van der Waals surface area contributed by atoms with Gasteiger partial charge in [0.1, 0.15) is 5.82 Å². The van der Waals surface area contributed by atoms with Gasteiger partial charge >= 0.3 is 0 Å². The van der Waals surface area contributed by atoms with Crippen molar-refractivity contribution in [2.24, 2.45) is 0 Å². The molecule has 0 radical (unpaired) electrons. The van der Waals surface area contributed by atoms with Crippen molar-refractivity contribution in [2.75, 3.05) is 16.9 Å². The summed E-state index contributed by atoms with van der Waals surface area (Å²) in [5.74, 6) is 6.32. The fraction of sp³-hybridized carbons (Fsp3) is 0.182. The summed E-state index contributed by atoms with van der Waals surface area (Å²) in [7, 11) is 0. The van der Waals surface area contributed by atoms with Crippen molar-refractivity contribution in [2.45, 2.75) is 12.1 Å². The van der Waals surface area contributed by atoms with Gasteiger partial charge in [0, 0.05) is 10.2 Å². The number of halogens is 2. The van der Waals surface area contributed by atoms with Crippen molar-refractivity contribution in [3.05, 3.63) is 33.5 Å². The van der Waals surface area contributed by atoms with E-state index in [0.717, 1.165) is 4.47 Å².